The Bertz CT molecular complexity index is 775. The van der Waals surface area contributed by atoms with Gasteiger partial charge in [-0.05, 0) is 6.42 Å². The van der Waals surface area contributed by atoms with Crippen LogP contribution in [0.15, 0.2) is 20.0 Å². The maximum atomic E-state index is 6.79. The molecule has 0 aliphatic carbocycles. The first-order valence-electron chi connectivity index (χ1n) is 13.0. The monoisotopic (exact) mass is 460 g/mol. The van der Waals surface area contributed by atoms with E-state index in [0.29, 0.717) is 34.0 Å². The van der Waals surface area contributed by atoms with Crippen molar-refractivity contribution in [2.45, 2.75) is 70.9 Å². The lowest BCUT2D eigenvalue weighted by Crippen LogP contribution is -2.86. The lowest BCUT2D eigenvalue weighted by Gasteiger charge is -2.53. The minimum atomic E-state index is -0.454. The maximum Gasteiger partial charge on any atom is 0.310 e. The van der Waals surface area contributed by atoms with Gasteiger partial charge in [0.2, 0.25) is 0 Å². The quantitative estimate of drug-likeness (QED) is 0.287. The van der Waals surface area contributed by atoms with E-state index in [1.165, 1.54) is 38.5 Å². The van der Waals surface area contributed by atoms with Crippen LogP contribution in [0.5, 0.6) is 0 Å². The van der Waals surface area contributed by atoms with Gasteiger partial charge in [0.25, 0.3) is 5.66 Å². The van der Waals surface area contributed by atoms with Gasteiger partial charge in [0.05, 0.1) is 32.6 Å². The molecular weight excluding hydrogens is 416 g/mol. The number of aliphatic imine (C=N–C) groups is 4. The Kier molecular flexibility index (Phi) is 7.23. The summed E-state index contributed by atoms with van der Waals surface area (Å²) in [7, 11) is 0. The summed E-state index contributed by atoms with van der Waals surface area (Å²) in [5.74, 6) is 3.11. The van der Waals surface area contributed by atoms with Crippen LogP contribution >= 0.6 is 0 Å². The molecule has 0 aromatic heterocycles. The first-order chi connectivity index (χ1) is 16.0. The van der Waals surface area contributed by atoms with E-state index in [9.17, 15) is 0 Å². The zero-order chi connectivity index (χ0) is 23.4. The van der Waals surface area contributed by atoms with Gasteiger partial charge in [-0.2, -0.15) is 0 Å². The molecule has 4 rings (SSSR count). The number of nitrogens with zero attached hydrogens (tertiary/aromatic N) is 6. The van der Waals surface area contributed by atoms with E-state index >= 15 is 0 Å². The lowest BCUT2D eigenvalue weighted by molar-refractivity contribution is -1.01. The third-order valence-corrected chi connectivity index (χ3v) is 8.14. The van der Waals surface area contributed by atoms with Gasteiger partial charge in [0, 0.05) is 20.0 Å². The molecule has 0 saturated carbocycles. The van der Waals surface area contributed by atoms with E-state index in [-0.39, 0.29) is 0 Å². The number of rotatable bonds is 10. The fraction of sp³-hybridized carbons (Fsp3) is 0.826. The van der Waals surface area contributed by atoms with E-state index in [0.717, 1.165) is 64.0 Å². The average molecular weight is 461 g/mol. The minimum absolute atomic E-state index is 0.416. The summed E-state index contributed by atoms with van der Waals surface area (Å²) in [6.45, 7) is 10.7. The van der Waals surface area contributed by atoms with Crippen molar-refractivity contribution in [2.75, 3.05) is 52.4 Å². The molecular formula is C23H44N10+2. The van der Waals surface area contributed by atoms with Crippen LogP contribution in [0.2, 0.25) is 0 Å². The second-order valence-electron chi connectivity index (χ2n) is 9.90. The topological polar surface area (TPSA) is 126 Å². The molecule has 0 amide bonds. The maximum absolute atomic E-state index is 6.79. The summed E-state index contributed by atoms with van der Waals surface area (Å²) in [5.41, 5.74) is 13.1. The Labute approximate surface area is 198 Å². The molecule has 0 radical (unpaired) electrons. The van der Waals surface area contributed by atoms with Crippen LogP contribution in [0.25, 0.3) is 0 Å². The first-order valence-corrected chi connectivity index (χ1v) is 13.0. The van der Waals surface area contributed by atoms with Gasteiger partial charge in [0.15, 0.2) is 0 Å². The predicted molar refractivity (Wildman–Crippen MR) is 135 cm³/mol. The van der Waals surface area contributed by atoms with Gasteiger partial charge >= 0.3 is 23.8 Å². The molecule has 33 heavy (non-hydrogen) atoms. The highest BCUT2D eigenvalue weighted by Crippen LogP contribution is 2.43. The Hall–Kier alpha value is -2.20. The molecule has 184 valence electrons. The Morgan fingerprint density at radius 2 is 1.21 bits per heavy atom. The number of quaternary nitrogens is 2. The zero-order valence-electron chi connectivity index (χ0n) is 20.7. The van der Waals surface area contributed by atoms with Crippen molar-refractivity contribution >= 4 is 23.8 Å². The summed E-state index contributed by atoms with van der Waals surface area (Å²) in [6, 6.07) is 0. The summed E-state index contributed by atoms with van der Waals surface area (Å²) in [6.07, 6.45) is 9.75. The van der Waals surface area contributed by atoms with Crippen molar-refractivity contribution < 1.29 is 8.97 Å². The fourth-order valence-electron chi connectivity index (χ4n) is 6.33. The number of nitrogens with two attached hydrogens (primary N) is 2. The number of nitrogens with one attached hydrogen (secondary N) is 2. The van der Waals surface area contributed by atoms with Gasteiger partial charge in [-0.3, -0.25) is 0 Å². The number of hydrogen-bond acceptors (Lipinski definition) is 8. The Morgan fingerprint density at radius 3 is 1.61 bits per heavy atom. The van der Waals surface area contributed by atoms with Crippen molar-refractivity contribution in [3.05, 3.63) is 0 Å². The van der Waals surface area contributed by atoms with Gasteiger partial charge in [-0.25, -0.2) is 20.0 Å². The molecule has 10 nitrogen and oxygen atoms in total. The molecule has 4 aliphatic heterocycles. The molecule has 0 aromatic carbocycles. The standard InChI is InChI=1S/C23H44N10/c1-3-4-5-6-7-8-9-10-23(2,32(17-15-26-19(32)24)21-28-11-12-29-21)33(18-16-27-20(33)25)22-30-13-14-31-22/h3-18H2,1-2H3,(H2,24,26)(H2,25,27)(H,28,29)(H,30,31)/q+2. The van der Waals surface area contributed by atoms with Crippen LogP contribution in [0, 0.1) is 0 Å². The first kappa shape index (κ1) is 23.9. The normalized spacial score (nSPS) is 30.8. The average Bonchev–Trinajstić information content (AvgIpc) is 3.60. The van der Waals surface area contributed by atoms with Crippen LogP contribution in [-0.2, 0) is 0 Å². The highest BCUT2D eigenvalue weighted by molar-refractivity contribution is 5.92. The number of unbranched alkanes of at least 4 members (excludes halogenated alkanes) is 6. The highest BCUT2D eigenvalue weighted by atomic mass is 15.7. The largest absolute Gasteiger partial charge is 0.337 e. The summed E-state index contributed by atoms with van der Waals surface area (Å²) in [4.78, 5) is 19.3. The van der Waals surface area contributed by atoms with Gasteiger partial charge < -0.3 is 22.1 Å². The van der Waals surface area contributed by atoms with Crippen LogP contribution in [0.4, 0.5) is 0 Å². The lowest BCUT2D eigenvalue weighted by atomic mass is 9.93. The SMILES string of the molecule is CCCCCCCCCC(C)([N+]1(C2=NCCN2)CCN=C1N)[N+]1(C2=NCCN2)CCN=C1N. The van der Waals surface area contributed by atoms with E-state index in [1.807, 2.05) is 0 Å². The van der Waals surface area contributed by atoms with Crippen molar-refractivity contribution in [1.82, 2.24) is 10.6 Å². The van der Waals surface area contributed by atoms with Crippen molar-refractivity contribution in [3.8, 4) is 0 Å². The summed E-state index contributed by atoms with van der Waals surface area (Å²) < 4.78 is 0.833. The summed E-state index contributed by atoms with van der Waals surface area (Å²) in [5, 5.41) is 7.11. The smallest absolute Gasteiger partial charge is 0.310 e. The molecule has 2 atom stereocenters. The highest BCUT2D eigenvalue weighted by Gasteiger charge is 2.72. The van der Waals surface area contributed by atoms with Gasteiger partial charge in [0.1, 0.15) is 13.1 Å². The van der Waals surface area contributed by atoms with E-state index in [4.69, 9.17) is 31.4 Å². The molecule has 10 heteroatoms. The molecule has 4 aliphatic rings. The van der Waals surface area contributed by atoms with E-state index in [2.05, 4.69) is 24.5 Å². The third kappa shape index (κ3) is 3.80. The number of guanidine groups is 4. The molecule has 6 N–H and O–H groups in total. The third-order valence-electron chi connectivity index (χ3n) is 8.14. The molecule has 0 aromatic rings. The Morgan fingerprint density at radius 1 is 0.727 bits per heavy atom. The molecule has 0 saturated heterocycles. The van der Waals surface area contributed by atoms with Crippen molar-refractivity contribution in [1.29, 1.82) is 0 Å². The number of hydrogen-bond donors (Lipinski definition) is 4. The second-order valence-corrected chi connectivity index (χ2v) is 9.90. The van der Waals surface area contributed by atoms with Crippen molar-refractivity contribution in [2.24, 2.45) is 31.4 Å². The van der Waals surface area contributed by atoms with Crippen LogP contribution in [-0.4, -0.2) is 90.8 Å². The minimum Gasteiger partial charge on any atom is -0.337 e. The van der Waals surface area contributed by atoms with Gasteiger partial charge in [-0.15, -0.1) is 8.97 Å². The van der Waals surface area contributed by atoms with Crippen LogP contribution in [0.1, 0.15) is 65.2 Å². The fourth-order valence-corrected chi connectivity index (χ4v) is 6.33. The van der Waals surface area contributed by atoms with E-state index in [1.54, 1.807) is 0 Å². The predicted octanol–water partition coefficient (Wildman–Crippen LogP) is 1.05. The zero-order valence-corrected chi connectivity index (χ0v) is 20.7. The molecule has 0 bridgehead atoms. The summed E-state index contributed by atoms with van der Waals surface area (Å²) >= 11 is 0. The molecule has 2 unspecified atom stereocenters. The Balaban J connectivity index is 1.72. The van der Waals surface area contributed by atoms with Gasteiger partial charge in [-0.1, -0.05) is 45.4 Å². The second kappa shape index (κ2) is 9.97. The van der Waals surface area contributed by atoms with E-state index < -0.39 is 5.66 Å². The van der Waals surface area contributed by atoms with Crippen LogP contribution < -0.4 is 22.1 Å². The molecule has 4 heterocycles. The van der Waals surface area contributed by atoms with Crippen LogP contribution in [0.3, 0.4) is 0 Å². The molecule has 0 spiro atoms. The van der Waals surface area contributed by atoms with Crippen molar-refractivity contribution in [3.63, 3.8) is 0 Å². The molecule has 0 fully saturated rings.